The molecular formula is C19H16N2O. The van der Waals surface area contributed by atoms with Crippen LogP contribution < -0.4 is 0 Å². The van der Waals surface area contributed by atoms with Gasteiger partial charge in [0.1, 0.15) is 5.75 Å². The Hall–Kier alpha value is -2.94. The van der Waals surface area contributed by atoms with Gasteiger partial charge >= 0.3 is 0 Å². The highest BCUT2D eigenvalue weighted by molar-refractivity contribution is 5.81. The second-order valence-electron chi connectivity index (χ2n) is 5.08. The standard InChI is InChI=1S/C19H16N2O/c1-14-12-17(21-20-16-10-6-3-7-11-16)19(18(22)13-14)15-8-4-2-5-9-15/h2-13,22H,1H3. The van der Waals surface area contributed by atoms with Crippen LogP contribution in [0.2, 0.25) is 0 Å². The number of nitrogens with zero attached hydrogens (tertiary/aromatic N) is 2. The molecule has 0 saturated heterocycles. The molecule has 0 aliphatic heterocycles. The predicted molar refractivity (Wildman–Crippen MR) is 88.9 cm³/mol. The first-order valence-corrected chi connectivity index (χ1v) is 7.10. The number of phenols is 1. The summed E-state index contributed by atoms with van der Waals surface area (Å²) in [7, 11) is 0. The molecular weight excluding hydrogens is 272 g/mol. The Kier molecular flexibility index (Phi) is 3.97. The van der Waals surface area contributed by atoms with Crippen molar-refractivity contribution < 1.29 is 5.11 Å². The molecule has 3 rings (SSSR count). The highest BCUT2D eigenvalue weighted by atomic mass is 16.3. The lowest BCUT2D eigenvalue weighted by Crippen LogP contribution is -1.82. The Balaban J connectivity index is 2.09. The van der Waals surface area contributed by atoms with Crippen LogP contribution in [0.15, 0.2) is 83.0 Å². The van der Waals surface area contributed by atoms with Gasteiger partial charge in [-0.2, -0.15) is 5.11 Å². The fraction of sp³-hybridized carbons (Fsp3) is 0.0526. The van der Waals surface area contributed by atoms with E-state index >= 15 is 0 Å². The zero-order chi connectivity index (χ0) is 15.4. The molecule has 0 aliphatic carbocycles. The zero-order valence-corrected chi connectivity index (χ0v) is 12.3. The first-order valence-electron chi connectivity index (χ1n) is 7.10. The van der Waals surface area contributed by atoms with E-state index in [1.165, 1.54) is 0 Å². The van der Waals surface area contributed by atoms with Crippen LogP contribution in [0.5, 0.6) is 5.75 Å². The van der Waals surface area contributed by atoms with E-state index in [1.807, 2.05) is 73.7 Å². The summed E-state index contributed by atoms with van der Waals surface area (Å²) in [6.45, 7) is 1.93. The largest absolute Gasteiger partial charge is 0.507 e. The molecule has 0 atom stereocenters. The number of aromatic hydroxyl groups is 1. The minimum atomic E-state index is 0.216. The van der Waals surface area contributed by atoms with Gasteiger partial charge in [0.05, 0.1) is 16.9 Å². The summed E-state index contributed by atoms with van der Waals surface area (Å²) in [5.74, 6) is 0.216. The molecule has 0 bridgehead atoms. The van der Waals surface area contributed by atoms with Gasteiger partial charge in [-0.3, -0.25) is 0 Å². The molecule has 0 unspecified atom stereocenters. The van der Waals surface area contributed by atoms with Crippen LogP contribution in [0.4, 0.5) is 11.4 Å². The minimum absolute atomic E-state index is 0.216. The fourth-order valence-corrected chi connectivity index (χ4v) is 2.33. The first-order chi connectivity index (χ1) is 10.7. The van der Waals surface area contributed by atoms with Gasteiger partial charge in [-0.1, -0.05) is 48.5 Å². The van der Waals surface area contributed by atoms with Crippen molar-refractivity contribution in [2.45, 2.75) is 6.92 Å². The van der Waals surface area contributed by atoms with Crippen LogP contribution in [0.25, 0.3) is 11.1 Å². The lowest BCUT2D eigenvalue weighted by Gasteiger charge is -2.09. The summed E-state index contributed by atoms with van der Waals surface area (Å²) >= 11 is 0. The molecule has 0 fully saturated rings. The third-order valence-corrected chi connectivity index (χ3v) is 3.33. The van der Waals surface area contributed by atoms with Gasteiger partial charge in [-0.15, -0.1) is 5.11 Å². The second-order valence-corrected chi connectivity index (χ2v) is 5.08. The molecule has 0 spiro atoms. The van der Waals surface area contributed by atoms with Crippen molar-refractivity contribution in [3.05, 3.63) is 78.4 Å². The third-order valence-electron chi connectivity index (χ3n) is 3.33. The van der Waals surface area contributed by atoms with E-state index in [0.29, 0.717) is 11.3 Å². The van der Waals surface area contributed by atoms with Gasteiger partial charge < -0.3 is 5.11 Å². The second kappa shape index (κ2) is 6.22. The Bertz CT molecular complexity index is 796. The van der Waals surface area contributed by atoms with Crippen LogP contribution in [0, 0.1) is 6.92 Å². The average Bonchev–Trinajstić information content (AvgIpc) is 2.54. The highest BCUT2D eigenvalue weighted by Crippen LogP contribution is 2.39. The Morgan fingerprint density at radius 2 is 1.41 bits per heavy atom. The molecule has 0 aromatic heterocycles. The van der Waals surface area contributed by atoms with Crippen molar-refractivity contribution in [1.29, 1.82) is 0 Å². The lowest BCUT2D eigenvalue weighted by atomic mass is 10.0. The molecule has 3 heteroatoms. The molecule has 22 heavy (non-hydrogen) atoms. The summed E-state index contributed by atoms with van der Waals surface area (Å²) < 4.78 is 0. The monoisotopic (exact) mass is 288 g/mol. The Morgan fingerprint density at radius 3 is 2.09 bits per heavy atom. The van der Waals surface area contributed by atoms with Gasteiger partial charge in [-0.05, 0) is 42.3 Å². The lowest BCUT2D eigenvalue weighted by molar-refractivity contribution is 0.477. The molecule has 3 aromatic carbocycles. The molecule has 3 aromatic rings. The Labute approximate surface area is 129 Å². The van der Waals surface area contributed by atoms with Crippen LogP contribution in [-0.4, -0.2) is 5.11 Å². The summed E-state index contributed by atoms with van der Waals surface area (Å²) in [5, 5.41) is 18.9. The molecule has 1 N–H and O–H groups in total. The maximum absolute atomic E-state index is 10.3. The number of phenolic OH excluding ortho intramolecular Hbond substituents is 1. The smallest absolute Gasteiger partial charge is 0.125 e. The van der Waals surface area contributed by atoms with Gasteiger partial charge in [0.15, 0.2) is 0 Å². The minimum Gasteiger partial charge on any atom is -0.507 e. The number of rotatable bonds is 3. The molecule has 0 saturated carbocycles. The van der Waals surface area contributed by atoms with Crippen LogP contribution >= 0.6 is 0 Å². The number of benzene rings is 3. The highest BCUT2D eigenvalue weighted by Gasteiger charge is 2.11. The van der Waals surface area contributed by atoms with Gasteiger partial charge in [0, 0.05) is 0 Å². The van der Waals surface area contributed by atoms with E-state index in [4.69, 9.17) is 0 Å². The van der Waals surface area contributed by atoms with E-state index in [-0.39, 0.29) is 5.75 Å². The zero-order valence-electron chi connectivity index (χ0n) is 12.3. The summed E-state index contributed by atoms with van der Waals surface area (Å²) in [4.78, 5) is 0. The summed E-state index contributed by atoms with van der Waals surface area (Å²) in [6, 6.07) is 22.9. The van der Waals surface area contributed by atoms with Gasteiger partial charge in [0.2, 0.25) is 0 Å². The van der Waals surface area contributed by atoms with Crippen LogP contribution in [0.1, 0.15) is 5.56 Å². The van der Waals surface area contributed by atoms with Crippen molar-refractivity contribution in [3.8, 4) is 16.9 Å². The SMILES string of the molecule is Cc1cc(O)c(-c2ccccc2)c(N=Nc2ccccc2)c1. The number of aryl methyl sites for hydroxylation is 1. The maximum Gasteiger partial charge on any atom is 0.125 e. The molecule has 108 valence electrons. The van der Waals surface area contributed by atoms with E-state index in [9.17, 15) is 5.11 Å². The van der Waals surface area contributed by atoms with Crippen molar-refractivity contribution in [2.24, 2.45) is 10.2 Å². The predicted octanol–water partition coefficient (Wildman–Crippen LogP) is 5.78. The van der Waals surface area contributed by atoms with E-state index in [1.54, 1.807) is 6.07 Å². The molecule has 0 radical (unpaired) electrons. The summed E-state index contributed by atoms with van der Waals surface area (Å²) in [6.07, 6.45) is 0. The van der Waals surface area contributed by atoms with Crippen LogP contribution in [0.3, 0.4) is 0 Å². The van der Waals surface area contributed by atoms with Crippen molar-refractivity contribution in [1.82, 2.24) is 0 Å². The van der Waals surface area contributed by atoms with E-state index < -0.39 is 0 Å². The molecule has 0 heterocycles. The van der Waals surface area contributed by atoms with Crippen molar-refractivity contribution >= 4 is 11.4 Å². The number of azo groups is 1. The maximum atomic E-state index is 10.3. The average molecular weight is 288 g/mol. The molecule has 0 aliphatic rings. The number of hydrogen-bond donors (Lipinski definition) is 1. The first kappa shape index (κ1) is 14.0. The van der Waals surface area contributed by atoms with Gasteiger partial charge in [0.25, 0.3) is 0 Å². The fourth-order valence-electron chi connectivity index (χ4n) is 2.33. The Morgan fingerprint density at radius 1 is 0.773 bits per heavy atom. The third kappa shape index (κ3) is 3.04. The number of hydrogen-bond acceptors (Lipinski definition) is 3. The molecule has 3 nitrogen and oxygen atoms in total. The topological polar surface area (TPSA) is 45.0 Å². The van der Waals surface area contributed by atoms with Crippen molar-refractivity contribution in [2.75, 3.05) is 0 Å². The van der Waals surface area contributed by atoms with E-state index in [0.717, 1.165) is 16.8 Å². The molecule has 0 amide bonds. The van der Waals surface area contributed by atoms with Crippen LogP contribution in [-0.2, 0) is 0 Å². The van der Waals surface area contributed by atoms with Gasteiger partial charge in [-0.25, -0.2) is 0 Å². The van der Waals surface area contributed by atoms with E-state index in [2.05, 4.69) is 10.2 Å². The van der Waals surface area contributed by atoms with Crippen molar-refractivity contribution in [3.63, 3.8) is 0 Å². The normalized spacial score (nSPS) is 11.0. The quantitative estimate of drug-likeness (QED) is 0.610. The summed E-state index contributed by atoms with van der Waals surface area (Å²) in [5.41, 5.74) is 4.00.